The first kappa shape index (κ1) is 22.5. The highest BCUT2D eigenvalue weighted by atomic mass is 32.2. The molecular weight excluding hydrogens is 390 g/mol. The Labute approximate surface area is 172 Å². The molecular formula is C19H27N7O2S. The molecule has 0 bridgehead atoms. The third-order valence-corrected chi connectivity index (χ3v) is 5.77. The van der Waals surface area contributed by atoms with Crippen LogP contribution in [0.15, 0.2) is 35.4 Å². The highest BCUT2D eigenvalue weighted by Crippen LogP contribution is 2.19. The predicted octanol–water partition coefficient (Wildman–Crippen LogP) is 2.14. The molecule has 1 aromatic heterocycles. The van der Waals surface area contributed by atoms with Crippen LogP contribution in [-0.2, 0) is 10.0 Å². The van der Waals surface area contributed by atoms with E-state index in [2.05, 4.69) is 30.2 Å². The van der Waals surface area contributed by atoms with E-state index in [1.54, 1.807) is 12.1 Å². The van der Waals surface area contributed by atoms with E-state index in [9.17, 15) is 8.42 Å². The molecule has 0 spiro atoms. The van der Waals surface area contributed by atoms with Crippen LogP contribution in [0.4, 0.5) is 17.5 Å². The Hall–Kier alpha value is -2.74. The van der Waals surface area contributed by atoms with Crippen LogP contribution in [0.2, 0.25) is 0 Å². The molecule has 0 radical (unpaired) electrons. The third kappa shape index (κ3) is 6.39. The minimum absolute atomic E-state index is 0.191. The number of hydrogen-bond acceptors (Lipinski definition) is 8. The van der Waals surface area contributed by atoms with Crippen LogP contribution in [0.3, 0.4) is 0 Å². The van der Waals surface area contributed by atoms with Crippen LogP contribution < -0.4 is 15.4 Å². The van der Waals surface area contributed by atoms with Crippen molar-refractivity contribution in [2.45, 2.75) is 25.7 Å². The highest BCUT2D eigenvalue weighted by molar-refractivity contribution is 7.89. The lowest BCUT2D eigenvalue weighted by atomic mass is 10.3. The van der Waals surface area contributed by atoms with Gasteiger partial charge in [0.05, 0.1) is 11.1 Å². The maximum atomic E-state index is 12.4. The lowest BCUT2D eigenvalue weighted by Crippen LogP contribution is -2.34. The van der Waals surface area contributed by atoms with Gasteiger partial charge in [0.1, 0.15) is 17.5 Å². The second kappa shape index (κ2) is 10.7. The Morgan fingerprint density at radius 3 is 2.41 bits per heavy atom. The summed E-state index contributed by atoms with van der Waals surface area (Å²) in [6, 6.07) is 8.38. The number of likely N-dealkylation sites (N-methyl/N-ethyl adjacent to an activating group) is 1. The van der Waals surface area contributed by atoms with Gasteiger partial charge in [-0.3, -0.25) is 0 Å². The number of benzene rings is 1. The van der Waals surface area contributed by atoms with E-state index in [1.165, 1.54) is 18.3 Å². The molecule has 0 atom stereocenters. The smallest absolute Gasteiger partial charge is 0.240 e. The molecule has 2 rings (SSSR count). The average Bonchev–Trinajstić information content (AvgIpc) is 2.72. The SMILES string of the molecule is CCNc1nc(Nc2ccc(S(=O)(=O)NCCN(CC)CC)cc2)ncc1C#N. The summed E-state index contributed by atoms with van der Waals surface area (Å²) in [5, 5.41) is 15.1. The Morgan fingerprint density at radius 1 is 1.14 bits per heavy atom. The summed E-state index contributed by atoms with van der Waals surface area (Å²) in [4.78, 5) is 10.7. The summed E-state index contributed by atoms with van der Waals surface area (Å²) in [5.74, 6) is 0.761. The van der Waals surface area contributed by atoms with E-state index in [-0.39, 0.29) is 4.90 Å². The molecule has 1 heterocycles. The monoisotopic (exact) mass is 417 g/mol. The van der Waals surface area contributed by atoms with Gasteiger partial charge in [0.25, 0.3) is 0 Å². The number of nitrogens with zero attached hydrogens (tertiary/aromatic N) is 4. The second-order valence-electron chi connectivity index (χ2n) is 6.17. The van der Waals surface area contributed by atoms with Crippen molar-refractivity contribution < 1.29 is 8.42 Å². The first-order chi connectivity index (χ1) is 13.9. The topological polar surface area (TPSA) is 123 Å². The summed E-state index contributed by atoms with van der Waals surface area (Å²) in [6.45, 7) is 9.40. The third-order valence-electron chi connectivity index (χ3n) is 4.29. The zero-order valence-corrected chi connectivity index (χ0v) is 17.8. The van der Waals surface area contributed by atoms with E-state index in [4.69, 9.17) is 5.26 Å². The fourth-order valence-electron chi connectivity index (χ4n) is 2.63. The first-order valence-electron chi connectivity index (χ1n) is 9.53. The zero-order valence-electron chi connectivity index (χ0n) is 16.9. The number of rotatable bonds is 11. The molecule has 3 N–H and O–H groups in total. The van der Waals surface area contributed by atoms with Gasteiger partial charge in [0.2, 0.25) is 16.0 Å². The van der Waals surface area contributed by atoms with Crippen LogP contribution >= 0.6 is 0 Å². The van der Waals surface area contributed by atoms with Crippen molar-refractivity contribution in [2.75, 3.05) is 43.4 Å². The number of nitriles is 1. The fourth-order valence-corrected chi connectivity index (χ4v) is 3.65. The van der Waals surface area contributed by atoms with Gasteiger partial charge >= 0.3 is 0 Å². The van der Waals surface area contributed by atoms with Gasteiger partial charge in [-0.25, -0.2) is 18.1 Å². The summed E-state index contributed by atoms with van der Waals surface area (Å²) in [6.07, 6.45) is 1.44. The van der Waals surface area contributed by atoms with Crippen LogP contribution in [0.25, 0.3) is 0 Å². The van der Waals surface area contributed by atoms with Crippen LogP contribution in [-0.4, -0.2) is 56.0 Å². The van der Waals surface area contributed by atoms with Gasteiger partial charge in [0, 0.05) is 25.3 Å². The maximum absolute atomic E-state index is 12.4. The Bertz CT molecular complexity index is 936. The maximum Gasteiger partial charge on any atom is 0.240 e. The first-order valence-corrected chi connectivity index (χ1v) is 11.0. The molecule has 1 aromatic carbocycles. The van der Waals surface area contributed by atoms with Crippen molar-refractivity contribution in [1.82, 2.24) is 19.6 Å². The van der Waals surface area contributed by atoms with Crippen LogP contribution in [0.5, 0.6) is 0 Å². The molecule has 2 aromatic rings. The van der Waals surface area contributed by atoms with E-state index >= 15 is 0 Å². The Morgan fingerprint density at radius 2 is 1.83 bits per heavy atom. The normalized spacial score (nSPS) is 11.3. The summed E-state index contributed by atoms with van der Waals surface area (Å²) in [5.41, 5.74) is 0.994. The predicted molar refractivity (Wildman–Crippen MR) is 114 cm³/mol. The number of nitrogens with one attached hydrogen (secondary N) is 3. The molecule has 0 unspecified atom stereocenters. The van der Waals surface area contributed by atoms with Gasteiger partial charge in [-0.05, 0) is 44.3 Å². The van der Waals surface area contributed by atoms with Crippen molar-refractivity contribution >= 4 is 27.5 Å². The highest BCUT2D eigenvalue weighted by Gasteiger charge is 2.14. The number of hydrogen-bond donors (Lipinski definition) is 3. The van der Waals surface area contributed by atoms with Crippen LogP contribution in [0.1, 0.15) is 26.3 Å². The number of sulfonamides is 1. The molecule has 0 aliphatic rings. The standard InChI is InChI=1S/C19H27N7O2S/c1-4-21-18-15(13-20)14-22-19(25-18)24-16-7-9-17(10-8-16)29(27,28)23-11-12-26(5-2)6-3/h7-10,14,23H,4-6,11-12H2,1-3H3,(H2,21,22,24,25). The van der Waals surface area contributed by atoms with Crippen molar-refractivity contribution in [2.24, 2.45) is 0 Å². The lowest BCUT2D eigenvalue weighted by molar-refractivity contribution is 0.309. The van der Waals surface area contributed by atoms with Gasteiger partial charge < -0.3 is 15.5 Å². The fraction of sp³-hybridized carbons (Fsp3) is 0.421. The quantitative estimate of drug-likeness (QED) is 0.508. The number of aromatic nitrogens is 2. The minimum atomic E-state index is -3.57. The van der Waals surface area contributed by atoms with E-state index < -0.39 is 10.0 Å². The van der Waals surface area contributed by atoms with Gasteiger partial charge in [-0.15, -0.1) is 0 Å². The van der Waals surface area contributed by atoms with Crippen molar-refractivity contribution in [1.29, 1.82) is 5.26 Å². The van der Waals surface area contributed by atoms with Crippen molar-refractivity contribution in [3.05, 3.63) is 36.0 Å². The molecule has 0 amide bonds. The van der Waals surface area contributed by atoms with Gasteiger partial charge in [-0.2, -0.15) is 10.2 Å². The average molecular weight is 418 g/mol. The zero-order chi connectivity index (χ0) is 21.3. The van der Waals surface area contributed by atoms with Crippen molar-refractivity contribution in [3.8, 4) is 6.07 Å². The molecule has 0 saturated heterocycles. The van der Waals surface area contributed by atoms with Gasteiger partial charge in [0.15, 0.2) is 0 Å². The Kier molecular flexibility index (Phi) is 8.33. The molecule has 156 valence electrons. The molecule has 0 aliphatic carbocycles. The van der Waals surface area contributed by atoms with E-state index in [0.29, 0.717) is 42.7 Å². The van der Waals surface area contributed by atoms with Gasteiger partial charge in [-0.1, -0.05) is 13.8 Å². The molecule has 10 heteroatoms. The van der Waals surface area contributed by atoms with E-state index in [0.717, 1.165) is 13.1 Å². The molecule has 9 nitrogen and oxygen atoms in total. The molecule has 0 saturated carbocycles. The van der Waals surface area contributed by atoms with Crippen molar-refractivity contribution in [3.63, 3.8) is 0 Å². The minimum Gasteiger partial charge on any atom is -0.369 e. The second-order valence-corrected chi connectivity index (χ2v) is 7.94. The van der Waals surface area contributed by atoms with E-state index in [1.807, 2.05) is 26.8 Å². The molecule has 0 aliphatic heterocycles. The lowest BCUT2D eigenvalue weighted by Gasteiger charge is -2.18. The summed E-state index contributed by atoms with van der Waals surface area (Å²) in [7, 11) is -3.57. The summed E-state index contributed by atoms with van der Waals surface area (Å²) < 4.78 is 27.5. The Balaban J connectivity index is 2.04. The molecule has 0 fully saturated rings. The largest absolute Gasteiger partial charge is 0.369 e. The van der Waals surface area contributed by atoms with Crippen LogP contribution in [0, 0.1) is 11.3 Å². The number of anilines is 3. The molecule has 29 heavy (non-hydrogen) atoms. The summed E-state index contributed by atoms with van der Waals surface area (Å²) >= 11 is 0.